The number of anilines is 1. The van der Waals surface area contributed by atoms with E-state index in [9.17, 15) is 4.79 Å². The van der Waals surface area contributed by atoms with Gasteiger partial charge in [-0.15, -0.1) is 0 Å². The molecule has 2 aromatic heterocycles. The van der Waals surface area contributed by atoms with Gasteiger partial charge < -0.3 is 5.73 Å². The Hall–Kier alpha value is -1.34. The average molecular weight is 351 g/mol. The van der Waals surface area contributed by atoms with E-state index in [2.05, 4.69) is 15.5 Å². The smallest absolute Gasteiger partial charge is 0.337 e. The molecule has 2 aromatic rings. The molecule has 0 bridgehead atoms. The zero-order valence-corrected chi connectivity index (χ0v) is 12.9. The number of carbonyl (C=O) groups is 1. The first-order chi connectivity index (χ1) is 9.50. The van der Waals surface area contributed by atoms with Crippen LogP contribution in [-0.4, -0.2) is 12.1 Å². The van der Waals surface area contributed by atoms with Crippen molar-refractivity contribution in [3.05, 3.63) is 43.3 Å². The molecule has 1 amide bonds. The highest BCUT2D eigenvalue weighted by Crippen LogP contribution is 2.31. The number of halogens is 3. The number of amides is 1. The monoisotopic (exact) mass is 349 g/mol. The van der Waals surface area contributed by atoms with Crippen molar-refractivity contribution in [1.29, 1.82) is 0 Å². The highest BCUT2D eigenvalue weighted by molar-refractivity contribution is 7.08. The maximum Gasteiger partial charge on any atom is 0.337 e. The van der Waals surface area contributed by atoms with E-state index in [1.807, 2.05) is 16.8 Å². The van der Waals surface area contributed by atoms with Crippen molar-refractivity contribution < 1.29 is 9.78 Å². The van der Waals surface area contributed by atoms with Crippen LogP contribution in [0, 0.1) is 0 Å². The van der Waals surface area contributed by atoms with Gasteiger partial charge in [0.15, 0.2) is 0 Å². The third-order valence-electron chi connectivity index (χ3n) is 2.27. The van der Waals surface area contributed by atoms with Crippen LogP contribution in [0.5, 0.6) is 0 Å². The van der Waals surface area contributed by atoms with Crippen molar-refractivity contribution in [2.75, 3.05) is 5.73 Å². The van der Waals surface area contributed by atoms with Crippen LogP contribution in [0.25, 0.3) is 0 Å². The first-order valence-electron chi connectivity index (χ1n) is 5.21. The zero-order chi connectivity index (χ0) is 14.7. The van der Waals surface area contributed by atoms with E-state index in [0.717, 1.165) is 5.56 Å². The fourth-order valence-electron chi connectivity index (χ4n) is 1.29. The molecule has 104 valence electrons. The minimum absolute atomic E-state index is 0.0115. The number of carbonyl (C=O) groups excluding carboxylic acids is 1. The second-order valence-electron chi connectivity index (χ2n) is 3.61. The summed E-state index contributed by atoms with van der Waals surface area (Å²) in [6.07, 6.45) is 1.50. The second-order valence-corrected chi connectivity index (χ2v) is 5.53. The molecule has 2 rings (SSSR count). The quantitative estimate of drug-likeness (QED) is 0.507. The molecule has 0 saturated heterocycles. The molecule has 2 heterocycles. The number of thiophene rings is 1. The van der Waals surface area contributed by atoms with Gasteiger partial charge in [-0.1, -0.05) is 23.2 Å². The van der Waals surface area contributed by atoms with E-state index >= 15 is 0 Å². The lowest BCUT2D eigenvalue weighted by Crippen LogP contribution is -2.28. The van der Waals surface area contributed by atoms with Crippen LogP contribution in [0.15, 0.2) is 21.9 Å². The van der Waals surface area contributed by atoms with Crippen LogP contribution in [0.4, 0.5) is 5.69 Å². The molecule has 20 heavy (non-hydrogen) atoms. The fourth-order valence-corrected chi connectivity index (χ4v) is 2.52. The lowest BCUT2D eigenvalue weighted by molar-refractivity contribution is -0.379. The molecule has 0 aliphatic carbocycles. The van der Waals surface area contributed by atoms with E-state index in [4.69, 9.17) is 40.5 Å². The number of aromatic amines is 1. The van der Waals surface area contributed by atoms with Crippen LogP contribution >= 0.6 is 46.1 Å². The summed E-state index contributed by atoms with van der Waals surface area (Å²) in [5.41, 5.74) is 8.85. The summed E-state index contributed by atoms with van der Waals surface area (Å²) in [5.74, 6) is -0.577. The van der Waals surface area contributed by atoms with Crippen molar-refractivity contribution in [2.45, 2.75) is 0 Å². The van der Waals surface area contributed by atoms with Gasteiger partial charge in [-0.2, -0.15) is 21.4 Å². The minimum atomic E-state index is -0.577. The molecule has 0 aromatic carbocycles. The molecule has 4 N–H and O–H groups in total. The minimum Gasteiger partial charge on any atom is -0.396 e. The number of rotatable bonds is 3. The van der Waals surface area contributed by atoms with Gasteiger partial charge in [0.25, 0.3) is 10.8 Å². The average Bonchev–Trinajstić information content (AvgIpc) is 2.93. The van der Waals surface area contributed by atoms with Gasteiger partial charge in [0.1, 0.15) is 10.0 Å². The summed E-state index contributed by atoms with van der Waals surface area (Å²) in [6.45, 7) is 0. The maximum atomic E-state index is 11.9. The number of nitrogens with two attached hydrogens (primary N) is 1. The van der Waals surface area contributed by atoms with Gasteiger partial charge in [-0.3, -0.25) is 4.79 Å². The summed E-state index contributed by atoms with van der Waals surface area (Å²) in [7, 11) is 0. The number of hydrogen-bond acceptors (Lipinski definition) is 4. The Bertz CT molecular complexity index is 673. The van der Waals surface area contributed by atoms with E-state index in [1.165, 1.54) is 17.6 Å². The number of nitrogens with zero attached hydrogens (tertiary/aromatic N) is 1. The first-order valence-corrected chi connectivity index (χ1v) is 7.29. The lowest BCUT2D eigenvalue weighted by Gasteiger charge is -2.02. The van der Waals surface area contributed by atoms with Gasteiger partial charge in [-0.25, -0.2) is 5.43 Å². The van der Waals surface area contributed by atoms with E-state index in [1.54, 1.807) is 0 Å². The molecule has 0 atom stereocenters. The molecule has 0 spiro atoms. The normalized spacial score (nSPS) is 10.9. The molecular weight excluding hydrogens is 343 g/mol. The van der Waals surface area contributed by atoms with Crippen molar-refractivity contribution in [3.63, 3.8) is 0 Å². The standard InChI is InChI=1S/C11H7Cl3N4OS/c12-6-8(15)7(13)10(14)17-9(6)11(19)18-16-3-5-1-2-20-4-5/h1-4H,(H2,15,17)(H,18,19)/p+1/b16-3+. The molecule has 0 saturated carbocycles. The summed E-state index contributed by atoms with van der Waals surface area (Å²) in [5, 5.41) is 7.66. The Morgan fingerprint density at radius 2 is 2.15 bits per heavy atom. The number of hydrazone groups is 1. The van der Waals surface area contributed by atoms with Crippen LogP contribution in [0.2, 0.25) is 15.2 Å². The third-order valence-corrected chi connectivity index (χ3v) is 4.14. The highest BCUT2D eigenvalue weighted by Gasteiger charge is 2.25. The van der Waals surface area contributed by atoms with Crippen molar-refractivity contribution in [2.24, 2.45) is 5.10 Å². The topological polar surface area (TPSA) is 81.6 Å². The van der Waals surface area contributed by atoms with Gasteiger partial charge in [0, 0.05) is 5.56 Å². The second kappa shape index (κ2) is 6.41. The first kappa shape index (κ1) is 15.1. The Morgan fingerprint density at radius 1 is 1.40 bits per heavy atom. The summed E-state index contributed by atoms with van der Waals surface area (Å²) in [6, 6.07) is 1.86. The third kappa shape index (κ3) is 3.21. The summed E-state index contributed by atoms with van der Waals surface area (Å²) >= 11 is 19.1. The number of nitrogens with one attached hydrogen (secondary N) is 2. The SMILES string of the molecule is Nc1c(Cl)c(Cl)[nH+]c(C(=O)N/N=C/c2ccsc2)c1Cl. The molecule has 0 aliphatic heterocycles. The lowest BCUT2D eigenvalue weighted by atomic mass is 10.3. The number of pyridine rings is 1. The van der Waals surface area contributed by atoms with Crippen molar-refractivity contribution >= 4 is 63.9 Å². The molecule has 0 aliphatic rings. The van der Waals surface area contributed by atoms with Crippen LogP contribution in [-0.2, 0) is 0 Å². The van der Waals surface area contributed by atoms with Crippen molar-refractivity contribution in [1.82, 2.24) is 5.43 Å². The summed E-state index contributed by atoms with van der Waals surface area (Å²) in [4.78, 5) is 14.5. The molecule has 0 radical (unpaired) electrons. The molecule has 9 heteroatoms. The van der Waals surface area contributed by atoms with Gasteiger partial charge in [0.2, 0.25) is 0 Å². The van der Waals surface area contributed by atoms with E-state index < -0.39 is 5.91 Å². The predicted molar refractivity (Wildman–Crippen MR) is 81.8 cm³/mol. The Balaban J connectivity index is 2.18. The Labute approximate surface area is 133 Å². The van der Waals surface area contributed by atoms with E-state index in [0.29, 0.717) is 0 Å². The van der Waals surface area contributed by atoms with Gasteiger partial charge in [-0.05, 0) is 28.4 Å². The molecule has 0 unspecified atom stereocenters. The van der Waals surface area contributed by atoms with Crippen LogP contribution < -0.4 is 16.1 Å². The molecule has 0 fully saturated rings. The van der Waals surface area contributed by atoms with Crippen molar-refractivity contribution in [3.8, 4) is 0 Å². The predicted octanol–water partition coefficient (Wildman–Crippen LogP) is 2.87. The molecule has 5 nitrogen and oxygen atoms in total. The Kier molecular flexibility index (Phi) is 4.82. The van der Waals surface area contributed by atoms with Crippen LogP contribution in [0.3, 0.4) is 0 Å². The van der Waals surface area contributed by atoms with Gasteiger partial charge >= 0.3 is 5.91 Å². The summed E-state index contributed by atoms with van der Waals surface area (Å²) < 4.78 is 0. The number of H-pyrrole nitrogens is 1. The number of hydrogen-bond donors (Lipinski definition) is 2. The zero-order valence-electron chi connectivity index (χ0n) is 9.78. The molecular formula is C11H8Cl3N4OS+. The number of nitrogen functional groups attached to an aromatic ring is 1. The maximum absolute atomic E-state index is 11.9. The van der Waals surface area contributed by atoms with E-state index in [-0.39, 0.29) is 26.6 Å². The number of aromatic nitrogens is 1. The largest absolute Gasteiger partial charge is 0.396 e. The van der Waals surface area contributed by atoms with Gasteiger partial charge in [0.05, 0.1) is 11.9 Å². The fraction of sp³-hybridized carbons (Fsp3) is 0. The highest BCUT2D eigenvalue weighted by atomic mass is 35.5. The van der Waals surface area contributed by atoms with Crippen LogP contribution in [0.1, 0.15) is 16.1 Å². The Morgan fingerprint density at radius 3 is 2.80 bits per heavy atom.